The summed E-state index contributed by atoms with van der Waals surface area (Å²) in [5, 5.41) is 4.12. The Bertz CT molecular complexity index is 1100. The minimum atomic E-state index is -0.289. The van der Waals surface area contributed by atoms with E-state index in [2.05, 4.69) is 51.5 Å². The number of aromatic amines is 1. The van der Waals surface area contributed by atoms with E-state index in [9.17, 15) is 9.59 Å². The van der Waals surface area contributed by atoms with E-state index in [-0.39, 0.29) is 29.8 Å². The molecule has 7 nitrogen and oxygen atoms in total. The van der Waals surface area contributed by atoms with Crippen molar-refractivity contribution in [2.45, 2.75) is 38.1 Å². The summed E-state index contributed by atoms with van der Waals surface area (Å²) in [4.78, 5) is 36.2. The fourth-order valence-electron chi connectivity index (χ4n) is 5.97. The van der Waals surface area contributed by atoms with Crippen molar-refractivity contribution in [3.63, 3.8) is 0 Å². The van der Waals surface area contributed by atoms with E-state index < -0.39 is 0 Å². The maximum atomic E-state index is 13.8. The molecule has 3 atom stereocenters. The molecule has 2 aromatic rings. The predicted molar refractivity (Wildman–Crippen MR) is 142 cm³/mol. The Morgan fingerprint density at radius 3 is 2.74 bits per heavy atom. The normalized spacial score (nSPS) is 21.5. The van der Waals surface area contributed by atoms with Crippen LogP contribution in [0.4, 0.5) is 4.79 Å². The molecule has 0 spiro atoms. The third-order valence-electron chi connectivity index (χ3n) is 7.48. The first-order valence-electron chi connectivity index (χ1n) is 12.7. The van der Waals surface area contributed by atoms with E-state index in [1.54, 1.807) is 0 Å². The second-order valence-electron chi connectivity index (χ2n) is 10.0. The second kappa shape index (κ2) is 10.8. The Kier molecular flexibility index (Phi) is 7.77. The summed E-state index contributed by atoms with van der Waals surface area (Å²) in [7, 11) is 4.01. The van der Waals surface area contributed by atoms with Crippen LogP contribution >= 0.6 is 0 Å². The van der Waals surface area contributed by atoms with Crippen molar-refractivity contribution in [1.82, 2.24) is 25.0 Å². The fourth-order valence-corrected chi connectivity index (χ4v) is 5.97. The highest BCUT2D eigenvalue weighted by atomic mass is 16.2. The van der Waals surface area contributed by atoms with Crippen LogP contribution in [0.25, 0.3) is 17.0 Å². The van der Waals surface area contributed by atoms with E-state index in [1.165, 1.54) is 21.4 Å². The number of hydrogen-bond acceptors (Lipinski definition) is 4. The topological polar surface area (TPSA) is 71.7 Å². The molecule has 35 heavy (non-hydrogen) atoms. The maximum absolute atomic E-state index is 13.8. The number of piperidine rings is 1. The van der Waals surface area contributed by atoms with Gasteiger partial charge in [0.2, 0.25) is 5.91 Å². The van der Waals surface area contributed by atoms with Crippen LogP contribution in [0.5, 0.6) is 0 Å². The van der Waals surface area contributed by atoms with E-state index in [1.807, 2.05) is 33.2 Å². The quantitative estimate of drug-likeness (QED) is 0.539. The Hall–Kier alpha value is -2.90. The molecule has 188 valence electrons. The van der Waals surface area contributed by atoms with E-state index in [0.717, 1.165) is 37.0 Å². The van der Waals surface area contributed by atoms with Crippen molar-refractivity contribution in [2.75, 3.05) is 46.8 Å². The molecule has 1 fully saturated rings. The summed E-state index contributed by atoms with van der Waals surface area (Å²) in [6, 6.07) is 6.42. The van der Waals surface area contributed by atoms with Gasteiger partial charge in [0.15, 0.2) is 0 Å². The van der Waals surface area contributed by atoms with Gasteiger partial charge in [-0.25, -0.2) is 4.79 Å². The molecule has 0 bridgehead atoms. The molecule has 0 unspecified atom stereocenters. The van der Waals surface area contributed by atoms with Crippen LogP contribution < -0.4 is 5.32 Å². The third kappa shape index (κ3) is 4.93. The number of imide groups is 1. The highest BCUT2D eigenvalue weighted by Gasteiger charge is 2.44. The highest BCUT2D eigenvalue weighted by molar-refractivity contribution is 5.96. The summed E-state index contributed by atoms with van der Waals surface area (Å²) in [6.07, 6.45) is 6.24. The molecule has 2 N–H and O–H groups in total. The molecule has 1 aromatic carbocycles. The number of aromatic nitrogens is 1. The van der Waals surface area contributed by atoms with Crippen LogP contribution in [-0.4, -0.2) is 84.5 Å². The largest absolute Gasteiger partial charge is 0.355 e. The Morgan fingerprint density at radius 1 is 1.26 bits per heavy atom. The smallest absolute Gasteiger partial charge is 0.324 e. The number of carbonyl (C=O) groups excluding carboxylic acids is 2. The van der Waals surface area contributed by atoms with Crippen LogP contribution in [0, 0.1) is 5.92 Å². The lowest BCUT2D eigenvalue weighted by Gasteiger charge is -2.47. The van der Waals surface area contributed by atoms with Crippen molar-refractivity contribution in [1.29, 1.82) is 0 Å². The van der Waals surface area contributed by atoms with Crippen molar-refractivity contribution in [3.05, 3.63) is 54.3 Å². The monoisotopic (exact) mass is 477 g/mol. The van der Waals surface area contributed by atoms with Crippen LogP contribution in [0.1, 0.15) is 42.5 Å². The molecule has 0 saturated carbocycles. The van der Waals surface area contributed by atoms with Gasteiger partial charge in [0.1, 0.15) is 0 Å². The third-order valence-corrected chi connectivity index (χ3v) is 7.48. The summed E-state index contributed by atoms with van der Waals surface area (Å²) in [6.45, 7) is 13.0. The molecular weight excluding hydrogens is 438 g/mol. The van der Waals surface area contributed by atoms with Crippen molar-refractivity contribution < 1.29 is 9.59 Å². The summed E-state index contributed by atoms with van der Waals surface area (Å²) in [5.74, 6) is -0.0889. The lowest BCUT2D eigenvalue weighted by molar-refractivity contribution is -0.135. The van der Waals surface area contributed by atoms with E-state index in [4.69, 9.17) is 0 Å². The zero-order valence-electron chi connectivity index (χ0n) is 21.3. The van der Waals surface area contributed by atoms with Gasteiger partial charge in [0.25, 0.3) is 0 Å². The van der Waals surface area contributed by atoms with Gasteiger partial charge in [0.05, 0.1) is 5.92 Å². The first kappa shape index (κ1) is 25.2. The minimum absolute atomic E-state index is 0.0685. The standard InChI is InChI=1S/C28H39N5O2/c1-6-13-32-18-19(27(34)33(28(35)29-8-3)15-10-14-31(4)5)16-21-20-11-9-12-24-26(20)22(17-25(21)32)23(7-2)30-24/h6-7,9,11-12,19,21,25,30H,1-2,8,10,13-18H2,3-5H3,(H,29,35)/t19-,21-,25-/m1/s1. The first-order chi connectivity index (χ1) is 16.9. The minimum Gasteiger partial charge on any atom is -0.355 e. The fraction of sp³-hybridized carbons (Fsp3) is 0.500. The number of benzene rings is 1. The summed E-state index contributed by atoms with van der Waals surface area (Å²) in [5.41, 5.74) is 4.83. The molecular formula is C28H39N5O2. The number of nitrogens with one attached hydrogen (secondary N) is 2. The SMILES string of the molecule is C=CCN1C[C@H](C(=O)N(CCCN(C)C)C(=O)NCC)C[C@@H]2c3cccc4[nH]c(C=C)c(c34)C[C@H]21. The zero-order chi connectivity index (χ0) is 25.1. The first-order valence-corrected chi connectivity index (χ1v) is 12.7. The number of carbonyl (C=O) groups is 2. The van der Waals surface area contributed by atoms with Crippen molar-refractivity contribution in [2.24, 2.45) is 5.92 Å². The van der Waals surface area contributed by atoms with Crippen LogP contribution in [0.3, 0.4) is 0 Å². The van der Waals surface area contributed by atoms with Gasteiger partial charge < -0.3 is 15.2 Å². The van der Waals surface area contributed by atoms with E-state index in [0.29, 0.717) is 26.2 Å². The van der Waals surface area contributed by atoms with Gasteiger partial charge in [0, 0.05) is 54.7 Å². The van der Waals surface area contributed by atoms with Crippen LogP contribution in [-0.2, 0) is 11.2 Å². The molecule has 1 aromatic heterocycles. The number of H-pyrrole nitrogens is 1. The second-order valence-corrected chi connectivity index (χ2v) is 10.0. The number of likely N-dealkylation sites (tertiary alicyclic amines) is 1. The average molecular weight is 478 g/mol. The molecule has 1 aliphatic carbocycles. The number of amides is 3. The van der Waals surface area contributed by atoms with Crippen molar-refractivity contribution >= 4 is 28.9 Å². The lowest BCUT2D eigenvalue weighted by Crippen LogP contribution is -2.55. The zero-order valence-corrected chi connectivity index (χ0v) is 21.3. The Labute approximate surface area is 208 Å². The molecule has 1 saturated heterocycles. The van der Waals surface area contributed by atoms with Crippen molar-refractivity contribution in [3.8, 4) is 0 Å². The summed E-state index contributed by atoms with van der Waals surface area (Å²) >= 11 is 0. The Balaban J connectivity index is 1.66. The molecule has 4 rings (SSSR count). The predicted octanol–water partition coefficient (Wildman–Crippen LogP) is 3.84. The molecule has 1 aliphatic heterocycles. The average Bonchev–Trinajstić information content (AvgIpc) is 3.20. The van der Waals surface area contributed by atoms with Gasteiger partial charge >= 0.3 is 6.03 Å². The van der Waals surface area contributed by atoms with Gasteiger partial charge in [-0.2, -0.15) is 0 Å². The van der Waals surface area contributed by atoms with Gasteiger partial charge in [-0.05, 0) is 70.1 Å². The van der Waals surface area contributed by atoms with Gasteiger partial charge in [-0.15, -0.1) is 6.58 Å². The van der Waals surface area contributed by atoms with E-state index >= 15 is 0 Å². The number of urea groups is 1. The molecule has 2 aliphatic rings. The molecule has 2 heterocycles. The number of fused-ring (bicyclic) bond motifs is 2. The lowest BCUT2D eigenvalue weighted by atomic mass is 9.71. The molecule has 0 radical (unpaired) electrons. The van der Waals surface area contributed by atoms with Crippen LogP contribution in [0.15, 0.2) is 37.4 Å². The maximum Gasteiger partial charge on any atom is 0.324 e. The number of rotatable bonds is 9. The molecule has 7 heteroatoms. The Morgan fingerprint density at radius 2 is 2.06 bits per heavy atom. The number of hydrogen-bond donors (Lipinski definition) is 2. The summed E-state index contributed by atoms with van der Waals surface area (Å²) < 4.78 is 0. The van der Waals surface area contributed by atoms with Gasteiger partial charge in [-0.3, -0.25) is 14.6 Å². The van der Waals surface area contributed by atoms with Crippen LogP contribution in [0.2, 0.25) is 0 Å². The number of nitrogens with zero attached hydrogens (tertiary/aromatic N) is 3. The highest BCUT2D eigenvalue weighted by Crippen LogP contribution is 2.46. The molecule has 3 amide bonds. The van der Waals surface area contributed by atoms with Gasteiger partial charge in [-0.1, -0.05) is 24.8 Å².